The smallest absolute Gasteiger partial charge is 0.246 e. The Morgan fingerprint density at radius 2 is 1.67 bits per heavy atom. The Morgan fingerprint density at radius 3 is 2.22 bits per heavy atom. The maximum absolute atomic E-state index is 13.9. The van der Waals surface area contributed by atoms with Gasteiger partial charge in [0.15, 0.2) is 4.90 Å². The Labute approximate surface area is 157 Å². The molecule has 0 atom stereocenters. The summed E-state index contributed by atoms with van der Waals surface area (Å²) in [5, 5.41) is 0. The first-order valence-electron chi connectivity index (χ1n) is 8.54. The van der Waals surface area contributed by atoms with Gasteiger partial charge in [0.25, 0.3) is 0 Å². The summed E-state index contributed by atoms with van der Waals surface area (Å²) in [7, 11) is -2.78. The number of hydrogen-bond acceptors (Lipinski definition) is 4. The van der Waals surface area contributed by atoms with Gasteiger partial charge in [-0.15, -0.1) is 0 Å². The molecule has 1 N–H and O–H groups in total. The van der Waals surface area contributed by atoms with Crippen LogP contribution in [0.1, 0.15) is 18.4 Å². The zero-order valence-electron chi connectivity index (χ0n) is 14.9. The van der Waals surface area contributed by atoms with Crippen LogP contribution < -0.4 is 9.46 Å². The van der Waals surface area contributed by atoms with Crippen molar-refractivity contribution in [3.8, 4) is 5.75 Å². The fraction of sp³-hybridized carbons (Fsp3) is 0.368. The quantitative estimate of drug-likeness (QED) is 0.814. The van der Waals surface area contributed by atoms with Crippen LogP contribution in [-0.4, -0.2) is 35.3 Å². The third kappa shape index (κ3) is 4.12. The molecule has 8 heteroatoms. The third-order valence-corrected chi connectivity index (χ3v) is 6.39. The number of halogens is 2. The monoisotopic (exact) mass is 397 g/mol. The zero-order chi connectivity index (χ0) is 19.5. The average Bonchev–Trinajstić information content (AvgIpc) is 2.67. The van der Waals surface area contributed by atoms with Crippen LogP contribution in [0, 0.1) is 11.6 Å². The van der Waals surface area contributed by atoms with Gasteiger partial charge >= 0.3 is 0 Å². The number of rotatable bonds is 6. The Bertz CT molecular complexity index is 874. The summed E-state index contributed by atoms with van der Waals surface area (Å²) in [6.45, 7) is 0.961. The molecular weight excluding hydrogens is 376 g/mol. The lowest BCUT2D eigenvalue weighted by atomic mass is 9.74. The highest BCUT2D eigenvalue weighted by Crippen LogP contribution is 2.35. The molecule has 146 valence electrons. The number of sulfonamides is 1. The van der Waals surface area contributed by atoms with Crippen LogP contribution in [0.3, 0.4) is 0 Å². The highest BCUT2D eigenvalue weighted by molar-refractivity contribution is 7.89. The van der Waals surface area contributed by atoms with E-state index in [-0.39, 0.29) is 6.54 Å². The third-order valence-electron chi connectivity index (χ3n) is 4.94. The molecule has 1 aliphatic rings. The van der Waals surface area contributed by atoms with Gasteiger partial charge in [0.05, 0.1) is 7.11 Å². The topological polar surface area (TPSA) is 64.6 Å². The molecule has 0 radical (unpaired) electrons. The largest absolute Gasteiger partial charge is 0.497 e. The summed E-state index contributed by atoms with van der Waals surface area (Å²) < 4.78 is 65.9. The van der Waals surface area contributed by atoms with Crippen molar-refractivity contribution in [3.05, 3.63) is 59.7 Å². The van der Waals surface area contributed by atoms with Gasteiger partial charge in [-0.25, -0.2) is 21.9 Å². The van der Waals surface area contributed by atoms with Crippen LogP contribution in [0.2, 0.25) is 0 Å². The van der Waals surface area contributed by atoms with Crippen molar-refractivity contribution in [2.75, 3.05) is 26.9 Å². The van der Waals surface area contributed by atoms with Crippen molar-refractivity contribution in [1.82, 2.24) is 4.72 Å². The van der Waals surface area contributed by atoms with Gasteiger partial charge in [0.2, 0.25) is 10.0 Å². The predicted octanol–water partition coefficient (Wildman–Crippen LogP) is 3.00. The molecule has 0 amide bonds. The molecule has 0 aromatic heterocycles. The van der Waals surface area contributed by atoms with Gasteiger partial charge in [-0.1, -0.05) is 18.2 Å². The first-order chi connectivity index (χ1) is 12.9. The fourth-order valence-electron chi connectivity index (χ4n) is 3.32. The van der Waals surface area contributed by atoms with E-state index in [9.17, 15) is 17.2 Å². The Hall–Kier alpha value is -2.03. The molecule has 5 nitrogen and oxygen atoms in total. The minimum absolute atomic E-state index is 0.0127. The number of methoxy groups -OCH3 is 1. The summed E-state index contributed by atoms with van der Waals surface area (Å²) >= 11 is 0. The number of benzene rings is 2. The van der Waals surface area contributed by atoms with E-state index in [1.807, 2.05) is 12.1 Å². The minimum atomic E-state index is -4.35. The van der Waals surface area contributed by atoms with E-state index >= 15 is 0 Å². The van der Waals surface area contributed by atoms with E-state index in [1.165, 1.54) is 0 Å². The lowest BCUT2D eigenvalue weighted by molar-refractivity contribution is 0.0517. The molecule has 1 fully saturated rings. The van der Waals surface area contributed by atoms with Crippen LogP contribution in [0.25, 0.3) is 0 Å². The fourth-order valence-corrected chi connectivity index (χ4v) is 4.58. The summed E-state index contributed by atoms with van der Waals surface area (Å²) in [5.74, 6) is -1.55. The van der Waals surface area contributed by atoms with Crippen molar-refractivity contribution >= 4 is 10.0 Å². The molecule has 1 saturated heterocycles. The highest BCUT2D eigenvalue weighted by atomic mass is 32.2. The van der Waals surface area contributed by atoms with E-state index in [2.05, 4.69) is 4.72 Å². The molecule has 0 aliphatic carbocycles. The molecule has 2 aromatic carbocycles. The van der Waals surface area contributed by atoms with E-state index in [1.54, 1.807) is 19.2 Å². The average molecular weight is 397 g/mol. The number of hydrogen-bond donors (Lipinski definition) is 1. The summed E-state index contributed by atoms with van der Waals surface area (Å²) in [5.41, 5.74) is 0.391. The maximum Gasteiger partial charge on any atom is 0.246 e. The second-order valence-electron chi connectivity index (χ2n) is 6.50. The van der Waals surface area contributed by atoms with Gasteiger partial charge in [0.1, 0.15) is 17.4 Å². The van der Waals surface area contributed by atoms with Crippen LogP contribution in [0.15, 0.2) is 47.4 Å². The Kier molecular flexibility index (Phi) is 5.78. The van der Waals surface area contributed by atoms with Crippen LogP contribution in [-0.2, 0) is 20.2 Å². The normalized spacial score (nSPS) is 16.9. The van der Waals surface area contributed by atoms with Gasteiger partial charge in [-0.2, -0.15) is 0 Å². The van der Waals surface area contributed by atoms with E-state index in [0.29, 0.717) is 31.8 Å². The summed E-state index contributed by atoms with van der Waals surface area (Å²) in [4.78, 5) is -0.957. The van der Waals surface area contributed by atoms with Crippen molar-refractivity contribution in [3.63, 3.8) is 0 Å². The molecule has 0 unspecified atom stereocenters. The van der Waals surface area contributed by atoms with Gasteiger partial charge in [0, 0.05) is 25.2 Å². The zero-order valence-corrected chi connectivity index (χ0v) is 15.7. The molecule has 3 rings (SSSR count). The first kappa shape index (κ1) is 19.7. The van der Waals surface area contributed by atoms with Crippen molar-refractivity contribution in [2.24, 2.45) is 0 Å². The Morgan fingerprint density at radius 1 is 1.07 bits per heavy atom. The van der Waals surface area contributed by atoms with Crippen LogP contribution in [0.5, 0.6) is 5.75 Å². The minimum Gasteiger partial charge on any atom is -0.497 e. The van der Waals surface area contributed by atoms with Crippen molar-refractivity contribution in [1.29, 1.82) is 0 Å². The van der Waals surface area contributed by atoms with Crippen LogP contribution >= 0.6 is 0 Å². The molecule has 0 spiro atoms. The van der Waals surface area contributed by atoms with Crippen LogP contribution in [0.4, 0.5) is 8.78 Å². The van der Waals surface area contributed by atoms with E-state index in [4.69, 9.17) is 9.47 Å². The first-order valence-corrected chi connectivity index (χ1v) is 10.0. The molecular formula is C19H21F2NO4S. The lowest BCUT2D eigenvalue weighted by Crippen LogP contribution is -2.44. The highest BCUT2D eigenvalue weighted by Gasteiger charge is 2.36. The molecule has 2 aromatic rings. The van der Waals surface area contributed by atoms with E-state index < -0.39 is 32.0 Å². The van der Waals surface area contributed by atoms with Gasteiger partial charge in [-0.3, -0.25) is 0 Å². The van der Waals surface area contributed by atoms with E-state index in [0.717, 1.165) is 23.8 Å². The van der Waals surface area contributed by atoms with Crippen molar-refractivity contribution < 1.29 is 26.7 Å². The molecule has 0 saturated carbocycles. The summed E-state index contributed by atoms with van der Waals surface area (Å²) in [6.07, 6.45) is 1.17. The standard InChI is InChI=1S/C19H21F2NO4S/c1-25-15-7-5-14(6-8-15)19(9-11-26-12-10-19)13-22-27(23,24)18-16(20)3-2-4-17(18)21/h2-8,22H,9-13H2,1H3. The van der Waals surface area contributed by atoms with Crippen molar-refractivity contribution in [2.45, 2.75) is 23.2 Å². The molecule has 0 bridgehead atoms. The number of ether oxygens (including phenoxy) is 2. The second kappa shape index (κ2) is 7.92. The van der Waals surface area contributed by atoms with Gasteiger partial charge in [-0.05, 0) is 42.7 Å². The Balaban J connectivity index is 1.89. The second-order valence-corrected chi connectivity index (χ2v) is 8.20. The SMILES string of the molecule is COc1ccc(C2(CNS(=O)(=O)c3c(F)cccc3F)CCOCC2)cc1. The lowest BCUT2D eigenvalue weighted by Gasteiger charge is -2.38. The maximum atomic E-state index is 13.9. The molecule has 1 heterocycles. The molecule has 27 heavy (non-hydrogen) atoms. The predicted molar refractivity (Wildman–Crippen MR) is 96.3 cm³/mol. The molecule has 1 aliphatic heterocycles. The van der Waals surface area contributed by atoms with Gasteiger partial charge < -0.3 is 9.47 Å². The summed E-state index contributed by atoms with van der Waals surface area (Å²) in [6, 6.07) is 10.3. The number of nitrogens with one attached hydrogen (secondary N) is 1.